The molecule has 1 heterocycles. The first-order valence-corrected chi connectivity index (χ1v) is 12.0. The number of nitrogens with zero attached hydrogens (tertiary/aromatic N) is 1. The molecule has 2 aromatic rings. The fourth-order valence-electron chi connectivity index (χ4n) is 2.88. The fourth-order valence-corrected chi connectivity index (χ4v) is 4.62. The molecule has 1 atom stereocenters. The Balaban J connectivity index is 1.84. The van der Waals surface area contributed by atoms with Gasteiger partial charge >= 0.3 is 0 Å². The van der Waals surface area contributed by atoms with Gasteiger partial charge in [-0.3, -0.25) is 4.79 Å². The van der Waals surface area contributed by atoms with E-state index in [1.165, 1.54) is 0 Å². The summed E-state index contributed by atoms with van der Waals surface area (Å²) in [5, 5.41) is 6.97. The number of sulfonamides is 1. The first-order chi connectivity index (χ1) is 13.5. The van der Waals surface area contributed by atoms with Gasteiger partial charge in [0, 0.05) is 19.5 Å². The monoisotopic (exact) mass is 437 g/mol. The average molecular weight is 438 g/mol. The third-order valence-corrected chi connectivity index (χ3v) is 6.90. The van der Waals surface area contributed by atoms with Gasteiger partial charge in [-0.2, -0.15) is 11.3 Å². The lowest BCUT2D eigenvalue weighted by Crippen LogP contribution is -2.36. The van der Waals surface area contributed by atoms with Crippen molar-refractivity contribution in [3.63, 3.8) is 0 Å². The number of thiophene rings is 1. The van der Waals surface area contributed by atoms with Gasteiger partial charge < -0.3 is 10.2 Å². The smallest absolute Gasteiger partial charge is 0.240 e. The molecule has 0 radical (unpaired) electrons. The number of hydrogen-bond donors (Lipinski definition) is 2. The molecule has 29 heavy (non-hydrogen) atoms. The van der Waals surface area contributed by atoms with E-state index in [9.17, 15) is 13.2 Å². The molecule has 160 valence electrons. The van der Waals surface area contributed by atoms with Crippen molar-refractivity contribution < 1.29 is 13.2 Å². The molecule has 0 bridgehead atoms. The van der Waals surface area contributed by atoms with E-state index in [4.69, 9.17) is 0 Å². The number of rotatable bonds is 9. The number of nitrogens with one attached hydrogen (secondary N) is 2. The highest BCUT2D eigenvalue weighted by atomic mass is 32.2. The molecule has 2 rings (SSSR count). The molecule has 0 fully saturated rings. The number of hydrogen-bond acceptors (Lipinski definition) is 5. The third-order valence-electron chi connectivity index (χ3n) is 4.72. The average Bonchev–Trinajstić information content (AvgIpc) is 3.15. The SMILES string of the molecule is CN(C)C(CNC(=O)CCNS(=O)(=O)c1ccc(C(C)(C)C)cc1)c1ccsc1. The zero-order valence-corrected chi connectivity index (χ0v) is 19.4. The van der Waals surface area contributed by atoms with Crippen LogP contribution in [0.5, 0.6) is 0 Å². The van der Waals surface area contributed by atoms with Gasteiger partial charge in [-0.25, -0.2) is 13.1 Å². The summed E-state index contributed by atoms with van der Waals surface area (Å²) in [7, 11) is 0.296. The van der Waals surface area contributed by atoms with Crippen LogP contribution in [0, 0.1) is 0 Å². The minimum absolute atomic E-state index is 0.0404. The van der Waals surface area contributed by atoms with Crippen LogP contribution in [-0.4, -0.2) is 46.4 Å². The van der Waals surface area contributed by atoms with Crippen molar-refractivity contribution in [1.29, 1.82) is 0 Å². The number of carbonyl (C=O) groups excluding carboxylic acids is 1. The van der Waals surface area contributed by atoms with E-state index in [1.54, 1.807) is 23.5 Å². The maximum Gasteiger partial charge on any atom is 0.240 e. The summed E-state index contributed by atoms with van der Waals surface area (Å²) in [6.45, 7) is 6.76. The molecule has 6 nitrogen and oxygen atoms in total. The molecular weight excluding hydrogens is 406 g/mol. The maximum atomic E-state index is 12.4. The van der Waals surface area contributed by atoms with Crippen molar-refractivity contribution in [2.24, 2.45) is 0 Å². The summed E-state index contributed by atoms with van der Waals surface area (Å²) in [6, 6.07) is 8.99. The molecule has 2 N–H and O–H groups in total. The van der Waals surface area contributed by atoms with Gasteiger partial charge in [0.05, 0.1) is 10.9 Å². The van der Waals surface area contributed by atoms with E-state index >= 15 is 0 Å². The Hall–Kier alpha value is -1.74. The minimum atomic E-state index is -3.64. The van der Waals surface area contributed by atoms with Crippen LogP contribution >= 0.6 is 11.3 Å². The fraction of sp³-hybridized carbons (Fsp3) is 0.476. The zero-order valence-electron chi connectivity index (χ0n) is 17.7. The van der Waals surface area contributed by atoms with Gasteiger partial charge in [-0.1, -0.05) is 32.9 Å². The van der Waals surface area contributed by atoms with Crippen LogP contribution in [0.3, 0.4) is 0 Å². The van der Waals surface area contributed by atoms with Crippen LogP contribution in [0.15, 0.2) is 46.0 Å². The minimum Gasteiger partial charge on any atom is -0.354 e. The van der Waals surface area contributed by atoms with Crippen LogP contribution in [-0.2, 0) is 20.2 Å². The number of amides is 1. The molecule has 0 saturated heterocycles. The predicted molar refractivity (Wildman–Crippen MR) is 119 cm³/mol. The van der Waals surface area contributed by atoms with Crippen molar-refractivity contribution in [1.82, 2.24) is 14.9 Å². The van der Waals surface area contributed by atoms with Crippen molar-refractivity contribution in [3.8, 4) is 0 Å². The molecule has 1 aromatic heterocycles. The van der Waals surface area contributed by atoms with Crippen LogP contribution in [0.2, 0.25) is 0 Å². The summed E-state index contributed by atoms with van der Waals surface area (Å²) in [5.41, 5.74) is 2.18. The van der Waals surface area contributed by atoms with Gasteiger partial charge in [0.15, 0.2) is 0 Å². The quantitative estimate of drug-likeness (QED) is 0.632. The Morgan fingerprint density at radius 3 is 2.31 bits per heavy atom. The summed E-state index contributed by atoms with van der Waals surface area (Å²) in [5.74, 6) is -0.183. The molecule has 0 aliphatic heterocycles. The van der Waals surface area contributed by atoms with Gasteiger partial charge in [0.25, 0.3) is 0 Å². The normalized spacial score (nSPS) is 13.4. The largest absolute Gasteiger partial charge is 0.354 e. The Bertz CT molecular complexity index is 884. The zero-order chi connectivity index (χ0) is 21.7. The predicted octanol–water partition coefficient (Wildman–Crippen LogP) is 3.13. The van der Waals surface area contributed by atoms with Gasteiger partial charge in [0.2, 0.25) is 15.9 Å². The van der Waals surface area contributed by atoms with Gasteiger partial charge in [-0.15, -0.1) is 0 Å². The standard InChI is InChI=1S/C21H31N3O3S2/c1-21(2,3)17-6-8-18(9-7-17)29(26,27)23-12-10-20(25)22-14-19(24(4)5)16-11-13-28-15-16/h6-9,11,13,15,19,23H,10,12,14H2,1-5H3,(H,22,25). The van der Waals surface area contributed by atoms with Crippen LogP contribution in [0.25, 0.3) is 0 Å². The first kappa shape index (κ1) is 23.5. The van der Waals surface area contributed by atoms with Crippen LogP contribution < -0.4 is 10.0 Å². The summed E-state index contributed by atoms with van der Waals surface area (Å²) in [4.78, 5) is 14.4. The number of carbonyl (C=O) groups is 1. The third kappa shape index (κ3) is 6.92. The van der Waals surface area contributed by atoms with Crippen molar-refractivity contribution in [2.45, 2.75) is 43.5 Å². The second-order valence-electron chi connectivity index (χ2n) is 8.26. The maximum absolute atomic E-state index is 12.4. The topological polar surface area (TPSA) is 78.5 Å². The summed E-state index contributed by atoms with van der Waals surface area (Å²) in [6.07, 6.45) is 0.0864. The van der Waals surface area contributed by atoms with E-state index in [2.05, 4.69) is 36.2 Å². The first-order valence-electron chi connectivity index (χ1n) is 9.56. The Morgan fingerprint density at radius 2 is 1.79 bits per heavy atom. The van der Waals surface area contributed by atoms with Gasteiger partial charge in [0.1, 0.15) is 0 Å². The highest BCUT2D eigenvalue weighted by molar-refractivity contribution is 7.89. The lowest BCUT2D eigenvalue weighted by atomic mass is 9.87. The van der Waals surface area contributed by atoms with E-state index in [-0.39, 0.29) is 35.2 Å². The van der Waals surface area contributed by atoms with E-state index in [1.807, 2.05) is 42.6 Å². The van der Waals surface area contributed by atoms with Crippen molar-refractivity contribution in [3.05, 3.63) is 52.2 Å². The van der Waals surface area contributed by atoms with Crippen LogP contribution in [0.4, 0.5) is 0 Å². The lowest BCUT2D eigenvalue weighted by molar-refractivity contribution is -0.121. The lowest BCUT2D eigenvalue weighted by Gasteiger charge is -2.24. The summed E-state index contributed by atoms with van der Waals surface area (Å²) >= 11 is 1.62. The highest BCUT2D eigenvalue weighted by Gasteiger charge is 2.18. The van der Waals surface area contributed by atoms with Crippen molar-refractivity contribution in [2.75, 3.05) is 27.2 Å². The molecule has 1 amide bonds. The van der Waals surface area contributed by atoms with Gasteiger partial charge in [-0.05, 0) is 59.6 Å². The second-order valence-corrected chi connectivity index (χ2v) is 10.8. The van der Waals surface area contributed by atoms with E-state index in [0.717, 1.165) is 11.1 Å². The molecule has 0 aliphatic rings. The molecule has 1 unspecified atom stereocenters. The molecule has 0 spiro atoms. The Morgan fingerprint density at radius 1 is 1.14 bits per heavy atom. The van der Waals surface area contributed by atoms with Crippen LogP contribution in [0.1, 0.15) is 44.4 Å². The Kier molecular flexibility index (Phi) is 7.99. The molecule has 0 aliphatic carbocycles. The molecule has 1 aromatic carbocycles. The number of likely N-dealkylation sites (N-methyl/N-ethyl adjacent to an activating group) is 1. The van der Waals surface area contributed by atoms with E-state index < -0.39 is 10.0 Å². The number of benzene rings is 1. The second kappa shape index (κ2) is 9.84. The molecule has 0 saturated carbocycles. The molecule has 8 heteroatoms. The van der Waals surface area contributed by atoms with Crippen molar-refractivity contribution >= 4 is 27.3 Å². The summed E-state index contributed by atoms with van der Waals surface area (Å²) < 4.78 is 27.4. The Labute approximate surface area is 178 Å². The van der Waals surface area contributed by atoms with E-state index in [0.29, 0.717) is 6.54 Å². The highest BCUT2D eigenvalue weighted by Crippen LogP contribution is 2.23. The molecular formula is C21H31N3O3S2.